The number of thiophene rings is 1. The van der Waals surface area contributed by atoms with Crippen LogP contribution < -0.4 is 4.90 Å². The lowest BCUT2D eigenvalue weighted by Gasteiger charge is -2.27. The molecule has 0 atom stereocenters. The summed E-state index contributed by atoms with van der Waals surface area (Å²) < 4.78 is 11.7. The van der Waals surface area contributed by atoms with Crippen molar-refractivity contribution in [2.24, 2.45) is 0 Å². The zero-order chi connectivity index (χ0) is 36.7. The van der Waals surface area contributed by atoms with Gasteiger partial charge in [0.1, 0.15) is 11.2 Å². The monoisotopic (exact) mass is 732 g/mol. The number of rotatable bonds is 5. The van der Waals surface area contributed by atoms with Crippen molar-refractivity contribution in [3.8, 4) is 16.8 Å². The van der Waals surface area contributed by atoms with E-state index in [1.807, 2.05) is 11.3 Å². The summed E-state index contributed by atoms with van der Waals surface area (Å²) in [6, 6.07) is 70.2. The Kier molecular flexibility index (Phi) is 6.80. The van der Waals surface area contributed by atoms with Crippen LogP contribution in [-0.4, -0.2) is 4.57 Å². The van der Waals surface area contributed by atoms with Gasteiger partial charge in [-0.15, -0.1) is 11.3 Å². The molecular formula is C52H32N2OS. The fourth-order valence-electron chi connectivity index (χ4n) is 8.90. The first-order valence-electron chi connectivity index (χ1n) is 19.0. The molecule has 0 fully saturated rings. The minimum atomic E-state index is 0.875. The molecular weight excluding hydrogens is 701 g/mol. The maximum atomic E-state index is 6.72. The molecule has 4 heteroatoms. The quantitative estimate of drug-likeness (QED) is 0.176. The Hall–Kier alpha value is -7.14. The molecule has 0 spiro atoms. The number of fused-ring (bicyclic) bond motifs is 11. The van der Waals surface area contributed by atoms with Crippen molar-refractivity contribution in [1.29, 1.82) is 0 Å². The molecule has 0 aliphatic heterocycles. The Morgan fingerprint density at radius 3 is 1.88 bits per heavy atom. The zero-order valence-electron chi connectivity index (χ0n) is 30.2. The van der Waals surface area contributed by atoms with E-state index in [1.54, 1.807) is 0 Å². The van der Waals surface area contributed by atoms with Crippen molar-refractivity contribution in [2.75, 3.05) is 4.90 Å². The molecule has 0 amide bonds. The first-order chi connectivity index (χ1) is 27.8. The molecule has 0 radical (unpaired) electrons. The van der Waals surface area contributed by atoms with Crippen LogP contribution in [0.4, 0.5) is 17.1 Å². The molecule has 3 nitrogen and oxygen atoms in total. The van der Waals surface area contributed by atoms with Crippen molar-refractivity contribution in [1.82, 2.24) is 4.57 Å². The lowest BCUT2D eigenvalue weighted by Crippen LogP contribution is -2.10. The van der Waals surface area contributed by atoms with E-state index in [4.69, 9.17) is 4.42 Å². The van der Waals surface area contributed by atoms with Crippen molar-refractivity contribution in [2.45, 2.75) is 0 Å². The average Bonchev–Trinajstić information content (AvgIpc) is 3.95. The van der Waals surface area contributed by atoms with Gasteiger partial charge in [-0.1, -0.05) is 121 Å². The molecule has 262 valence electrons. The van der Waals surface area contributed by atoms with E-state index in [-0.39, 0.29) is 0 Å². The SMILES string of the molecule is c1cc(-c2ccc(N(c3cccc4oc5c6ccccc6ccc5c34)c3cccc4sc5ccccc5c34)cc2)cc(-n2c3ccccc3c3ccccc32)c1. The topological polar surface area (TPSA) is 21.3 Å². The maximum absolute atomic E-state index is 6.72. The van der Waals surface area contributed by atoms with Crippen LogP contribution in [0.3, 0.4) is 0 Å². The van der Waals surface area contributed by atoms with E-state index < -0.39 is 0 Å². The highest BCUT2D eigenvalue weighted by atomic mass is 32.1. The van der Waals surface area contributed by atoms with Gasteiger partial charge in [0.05, 0.1) is 27.8 Å². The molecule has 0 bridgehead atoms. The van der Waals surface area contributed by atoms with Gasteiger partial charge in [0, 0.05) is 53.1 Å². The van der Waals surface area contributed by atoms with Gasteiger partial charge in [-0.2, -0.15) is 0 Å². The van der Waals surface area contributed by atoms with Crippen LogP contribution >= 0.6 is 11.3 Å². The van der Waals surface area contributed by atoms with Crippen LogP contribution in [0.1, 0.15) is 0 Å². The highest BCUT2D eigenvalue weighted by Crippen LogP contribution is 2.48. The number of anilines is 3. The number of aromatic nitrogens is 1. The smallest absolute Gasteiger partial charge is 0.143 e. The van der Waals surface area contributed by atoms with Gasteiger partial charge in [0.15, 0.2) is 0 Å². The van der Waals surface area contributed by atoms with E-state index >= 15 is 0 Å². The first kappa shape index (κ1) is 31.2. The summed E-state index contributed by atoms with van der Waals surface area (Å²) in [6.45, 7) is 0. The number of hydrogen-bond acceptors (Lipinski definition) is 3. The van der Waals surface area contributed by atoms with Crippen LogP contribution in [0.2, 0.25) is 0 Å². The number of nitrogens with zero attached hydrogens (tertiary/aromatic N) is 2. The van der Waals surface area contributed by atoms with E-state index in [0.29, 0.717) is 0 Å². The van der Waals surface area contributed by atoms with E-state index in [0.717, 1.165) is 55.6 Å². The summed E-state index contributed by atoms with van der Waals surface area (Å²) >= 11 is 1.85. The summed E-state index contributed by atoms with van der Waals surface area (Å²) in [5.41, 5.74) is 11.0. The van der Waals surface area contributed by atoms with Crippen LogP contribution in [0.15, 0.2) is 199 Å². The number of para-hydroxylation sites is 2. The molecule has 3 aromatic heterocycles. The van der Waals surface area contributed by atoms with Gasteiger partial charge >= 0.3 is 0 Å². The Morgan fingerprint density at radius 2 is 1.07 bits per heavy atom. The van der Waals surface area contributed by atoms with Crippen LogP contribution in [0.5, 0.6) is 0 Å². The molecule has 0 saturated heterocycles. The van der Waals surface area contributed by atoms with Gasteiger partial charge in [0.25, 0.3) is 0 Å². The molecule has 56 heavy (non-hydrogen) atoms. The fourth-order valence-corrected chi connectivity index (χ4v) is 10.0. The van der Waals surface area contributed by atoms with Crippen molar-refractivity contribution in [3.05, 3.63) is 194 Å². The number of benzene rings is 9. The summed E-state index contributed by atoms with van der Waals surface area (Å²) in [5, 5.41) is 9.56. The Balaban J connectivity index is 1.05. The zero-order valence-corrected chi connectivity index (χ0v) is 31.0. The van der Waals surface area contributed by atoms with Crippen molar-refractivity contribution < 1.29 is 4.42 Å². The van der Waals surface area contributed by atoms with Crippen LogP contribution in [0.25, 0.3) is 91.5 Å². The minimum Gasteiger partial charge on any atom is -0.455 e. The van der Waals surface area contributed by atoms with Gasteiger partial charge in [-0.05, 0) is 89.3 Å². The molecule has 0 saturated carbocycles. The summed E-state index contributed by atoms with van der Waals surface area (Å²) in [4.78, 5) is 2.44. The van der Waals surface area contributed by atoms with Crippen molar-refractivity contribution >= 4 is 103 Å². The van der Waals surface area contributed by atoms with E-state index in [1.165, 1.54) is 52.9 Å². The molecule has 0 aliphatic rings. The summed E-state index contributed by atoms with van der Waals surface area (Å²) in [7, 11) is 0. The highest BCUT2D eigenvalue weighted by Gasteiger charge is 2.23. The Bertz CT molecular complexity index is 3440. The molecule has 0 aliphatic carbocycles. The Morgan fingerprint density at radius 1 is 0.429 bits per heavy atom. The number of hydrogen-bond donors (Lipinski definition) is 0. The predicted molar refractivity (Wildman–Crippen MR) is 239 cm³/mol. The van der Waals surface area contributed by atoms with E-state index in [9.17, 15) is 0 Å². The minimum absolute atomic E-state index is 0.875. The van der Waals surface area contributed by atoms with Crippen molar-refractivity contribution in [3.63, 3.8) is 0 Å². The Labute approximate surface area is 326 Å². The molecule has 9 aromatic carbocycles. The molecule has 12 rings (SSSR count). The third-order valence-corrected chi connectivity index (χ3v) is 12.5. The predicted octanol–water partition coefficient (Wildman–Crippen LogP) is 15.3. The van der Waals surface area contributed by atoms with Gasteiger partial charge < -0.3 is 13.9 Å². The molecule has 0 unspecified atom stereocenters. The second-order valence-electron chi connectivity index (χ2n) is 14.5. The highest BCUT2D eigenvalue weighted by molar-refractivity contribution is 7.26. The van der Waals surface area contributed by atoms with Gasteiger partial charge in [-0.25, -0.2) is 0 Å². The second-order valence-corrected chi connectivity index (χ2v) is 15.6. The standard InChI is InChI=1S/C52H32N2OS/c1-2-15-38-34(12-1)28-31-42-50-45(21-10-23-47(50)55-52(38)42)53(46-22-11-25-49-51(46)41-18-5-8-24-48(41)56-49)36-29-26-33(27-30-36)35-13-9-14-37(32-35)54-43-19-6-3-16-39(43)40-17-4-7-20-44(40)54/h1-32H. The normalized spacial score (nSPS) is 11.9. The fraction of sp³-hybridized carbons (Fsp3) is 0. The van der Waals surface area contributed by atoms with Crippen LogP contribution in [-0.2, 0) is 0 Å². The van der Waals surface area contributed by atoms with Gasteiger partial charge in [-0.3, -0.25) is 0 Å². The number of furan rings is 1. The first-order valence-corrected chi connectivity index (χ1v) is 19.8. The maximum Gasteiger partial charge on any atom is 0.143 e. The van der Waals surface area contributed by atoms with Crippen LogP contribution in [0, 0.1) is 0 Å². The second kappa shape index (κ2) is 12.2. The largest absolute Gasteiger partial charge is 0.455 e. The third kappa shape index (κ3) is 4.63. The van der Waals surface area contributed by atoms with E-state index in [2.05, 4.69) is 204 Å². The molecule has 0 N–H and O–H groups in total. The average molecular weight is 733 g/mol. The molecule has 12 aromatic rings. The summed E-state index contributed by atoms with van der Waals surface area (Å²) in [5.74, 6) is 0. The molecule has 3 heterocycles. The summed E-state index contributed by atoms with van der Waals surface area (Å²) in [6.07, 6.45) is 0. The third-order valence-electron chi connectivity index (χ3n) is 11.4. The van der Waals surface area contributed by atoms with Gasteiger partial charge in [0.2, 0.25) is 0 Å². The lowest BCUT2D eigenvalue weighted by molar-refractivity contribution is 0.672. The lowest BCUT2D eigenvalue weighted by atomic mass is 10.0.